The summed E-state index contributed by atoms with van der Waals surface area (Å²) in [5.41, 5.74) is 2.62. The highest BCUT2D eigenvalue weighted by atomic mass is 32.2. The highest BCUT2D eigenvalue weighted by molar-refractivity contribution is 7.98. The zero-order chi connectivity index (χ0) is 22.5. The number of carboxylic acids is 1. The van der Waals surface area contributed by atoms with Crippen LogP contribution in [-0.4, -0.2) is 64.0 Å². The van der Waals surface area contributed by atoms with Crippen LogP contribution < -0.4 is 15.2 Å². The maximum absolute atomic E-state index is 13.6. The molecule has 0 spiro atoms. The van der Waals surface area contributed by atoms with Crippen molar-refractivity contribution in [3.63, 3.8) is 0 Å². The lowest BCUT2D eigenvalue weighted by atomic mass is 10.1. The van der Waals surface area contributed by atoms with E-state index >= 15 is 0 Å². The molecule has 0 aliphatic carbocycles. The van der Waals surface area contributed by atoms with Gasteiger partial charge in [-0.1, -0.05) is 17.8 Å². The van der Waals surface area contributed by atoms with Gasteiger partial charge in [0.05, 0.1) is 0 Å². The molecule has 32 heavy (non-hydrogen) atoms. The molecule has 4 heterocycles. The van der Waals surface area contributed by atoms with Gasteiger partial charge >= 0.3 is 5.97 Å². The van der Waals surface area contributed by atoms with Crippen LogP contribution in [0.2, 0.25) is 0 Å². The minimum absolute atomic E-state index is 0.158. The van der Waals surface area contributed by atoms with Crippen LogP contribution in [0.5, 0.6) is 0 Å². The second-order valence-electron chi connectivity index (χ2n) is 8.02. The number of aromatic nitrogens is 2. The zero-order valence-corrected chi connectivity index (χ0v) is 18.4. The van der Waals surface area contributed by atoms with Crippen molar-refractivity contribution in [2.75, 3.05) is 29.1 Å². The Kier molecular flexibility index (Phi) is 4.92. The number of rotatable bonds is 4. The first-order valence-corrected chi connectivity index (χ1v) is 11.5. The third-order valence-electron chi connectivity index (χ3n) is 5.93. The predicted molar refractivity (Wildman–Crippen MR) is 119 cm³/mol. The van der Waals surface area contributed by atoms with Crippen molar-refractivity contribution in [2.45, 2.75) is 36.7 Å². The Balaban J connectivity index is 1.51. The fraction of sp³-hybridized carbons (Fsp3) is 0.381. The minimum Gasteiger partial charge on any atom is -0.477 e. The van der Waals surface area contributed by atoms with Gasteiger partial charge in [-0.15, -0.1) is 5.10 Å². The van der Waals surface area contributed by atoms with Crippen molar-refractivity contribution in [1.29, 1.82) is 0 Å². The predicted octanol–water partition coefficient (Wildman–Crippen LogP) is 1.91. The summed E-state index contributed by atoms with van der Waals surface area (Å²) < 4.78 is 5.55. The summed E-state index contributed by atoms with van der Waals surface area (Å²) in [7, 11) is 0. The van der Waals surface area contributed by atoms with Crippen LogP contribution in [0.3, 0.4) is 0 Å². The number of carboxylic acid groups (broad SMARTS) is 1. The average Bonchev–Trinajstić information content (AvgIpc) is 3.42. The number of aliphatic carboxylic acids is 1. The lowest BCUT2D eigenvalue weighted by molar-refractivity contribution is -0.155. The number of benzene rings is 1. The molecule has 0 radical (unpaired) electrons. The summed E-state index contributed by atoms with van der Waals surface area (Å²) in [5.74, 6) is -0.477. The van der Waals surface area contributed by atoms with E-state index < -0.39 is 11.7 Å². The fourth-order valence-corrected chi connectivity index (χ4v) is 4.55. The number of thioether (sulfide) groups is 1. The Morgan fingerprint density at radius 3 is 3.00 bits per heavy atom. The first kappa shape index (κ1) is 20.6. The van der Waals surface area contributed by atoms with Gasteiger partial charge in [-0.2, -0.15) is 0 Å². The number of fused-ring (bicyclic) bond motifs is 3. The maximum atomic E-state index is 13.6. The van der Waals surface area contributed by atoms with Gasteiger partial charge in [0, 0.05) is 43.5 Å². The number of anilines is 2. The summed E-state index contributed by atoms with van der Waals surface area (Å²) in [6, 6.07) is 7.36. The van der Waals surface area contributed by atoms with E-state index in [1.807, 2.05) is 12.3 Å². The SMILES string of the molecule is CSc1ncc2c(n1)N1CCCC1CN(c1cccc(C3=NN[C@](C)(C(=O)O)O3)c1)C2=O. The summed E-state index contributed by atoms with van der Waals surface area (Å²) in [4.78, 5) is 37.9. The first-order chi connectivity index (χ1) is 15.4. The monoisotopic (exact) mass is 454 g/mol. The average molecular weight is 455 g/mol. The number of hydrogen-bond donors (Lipinski definition) is 2. The van der Waals surface area contributed by atoms with Gasteiger partial charge in [-0.25, -0.2) is 14.8 Å². The van der Waals surface area contributed by atoms with Crippen molar-refractivity contribution in [3.05, 3.63) is 41.6 Å². The van der Waals surface area contributed by atoms with Gasteiger partial charge in [0.2, 0.25) is 5.90 Å². The molecule has 3 aliphatic heterocycles. The Labute approximate surface area is 188 Å². The summed E-state index contributed by atoms with van der Waals surface area (Å²) in [6.07, 6.45) is 5.53. The molecule has 2 atom stereocenters. The van der Waals surface area contributed by atoms with E-state index in [0.29, 0.717) is 34.3 Å². The molecular weight excluding hydrogens is 432 g/mol. The fourth-order valence-electron chi connectivity index (χ4n) is 4.21. The zero-order valence-electron chi connectivity index (χ0n) is 17.6. The quantitative estimate of drug-likeness (QED) is 0.527. The molecule has 166 valence electrons. The number of hydrazone groups is 1. The van der Waals surface area contributed by atoms with Gasteiger partial charge in [0.25, 0.3) is 11.6 Å². The Bertz CT molecular complexity index is 1140. The van der Waals surface area contributed by atoms with Crippen LogP contribution in [0.25, 0.3) is 0 Å². The molecule has 3 aliphatic rings. The van der Waals surface area contributed by atoms with Gasteiger partial charge in [-0.3, -0.25) is 10.2 Å². The first-order valence-electron chi connectivity index (χ1n) is 10.3. The largest absolute Gasteiger partial charge is 0.477 e. The van der Waals surface area contributed by atoms with Crippen LogP contribution >= 0.6 is 11.8 Å². The van der Waals surface area contributed by atoms with Crippen molar-refractivity contribution >= 4 is 41.0 Å². The van der Waals surface area contributed by atoms with E-state index in [4.69, 9.17) is 4.74 Å². The standard InChI is InChI=1S/C21H22N6O4S/c1-21(19(29)30)25-24-17(31-21)12-5-3-6-13(9-12)27-11-14-7-4-8-26(14)16-15(18(27)28)10-22-20(23-16)32-2/h3,5-6,9-10,14,25H,4,7-8,11H2,1-2H3,(H,29,30)/t14?,21-/m0/s1. The van der Waals surface area contributed by atoms with Crippen molar-refractivity contribution in [3.8, 4) is 0 Å². The summed E-state index contributed by atoms with van der Waals surface area (Å²) in [6.45, 7) is 2.77. The number of nitrogens with one attached hydrogen (secondary N) is 1. The van der Waals surface area contributed by atoms with Crippen LogP contribution in [-0.2, 0) is 9.53 Å². The second-order valence-corrected chi connectivity index (χ2v) is 8.79. The van der Waals surface area contributed by atoms with E-state index in [-0.39, 0.29) is 17.8 Å². The molecule has 1 amide bonds. The van der Waals surface area contributed by atoms with Crippen LogP contribution in [0, 0.1) is 0 Å². The molecule has 2 aromatic rings. The highest BCUT2D eigenvalue weighted by Crippen LogP contribution is 2.34. The lowest BCUT2D eigenvalue weighted by Crippen LogP contribution is -2.45. The number of carbonyl (C=O) groups excluding carboxylic acids is 1. The third kappa shape index (κ3) is 3.32. The number of nitrogens with zero attached hydrogens (tertiary/aromatic N) is 5. The van der Waals surface area contributed by atoms with Gasteiger partial charge in [-0.05, 0) is 37.3 Å². The summed E-state index contributed by atoms with van der Waals surface area (Å²) >= 11 is 1.45. The van der Waals surface area contributed by atoms with Gasteiger partial charge in [0.15, 0.2) is 5.16 Å². The van der Waals surface area contributed by atoms with Crippen LogP contribution in [0.15, 0.2) is 40.7 Å². The lowest BCUT2D eigenvalue weighted by Gasteiger charge is -2.27. The minimum atomic E-state index is -1.63. The molecule has 10 nitrogen and oxygen atoms in total. The topological polar surface area (TPSA) is 120 Å². The van der Waals surface area contributed by atoms with E-state index in [1.54, 1.807) is 29.3 Å². The second kappa shape index (κ2) is 7.66. The Morgan fingerprint density at radius 2 is 2.25 bits per heavy atom. The maximum Gasteiger partial charge on any atom is 0.371 e. The molecule has 1 unspecified atom stereocenters. The number of ether oxygens (including phenoxy) is 1. The number of carbonyl (C=O) groups is 2. The molecule has 1 aromatic carbocycles. The summed E-state index contributed by atoms with van der Waals surface area (Å²) in [5, 5.41) is 14.0. The van der Waals surface area contributed by atoms with Crippen molar-refractivity contribution in [1.82, 2.24) is 15.4 Å². The van der Waals surface area contributed by atoms with E-state index in [2.05, 4.69) is 25.4 Å². The molecule has 11 heteroatoms. The van der Waals surface area contributed by atoms with Crippen LogP contribution in [0.4, 0.5) is 11.5 Å². The van der Waals surface area contributed by atoms with Crippen LogP contribution in [0.1, 0.15) is 35.7 Å². The molecule has 0 saturated carbocycles. The van der Waals surface area contributed by atoms with Crippen molar-refractivity contribution in [2.24, 2.45) is 5.10 Å². The molecule has 1 saturated heterocycles. The van der Waals surface area contributed by atoms with E-state index in [9.17, 15) is 14.7 Å². The molecule has 1 aromatic heterocycles. The van der Waals surface area contributed by atoms with E-state index in [1.165, 1.54) is 18.7 Å². The highest BCUT2D eigenvalue weighted by Gasteiger charge is 2.42. The van der Waals surface area contributed by atoms with Crippen molar-refractivity contribution < 1.29 is 19.4 Å². The Morgan fingerprint density at radius 1 is 1.41 bits per heavy atom. The van der Waals surface area contributed by atoms with E-state index in [0.717, 1.165) is 19.4 Å². The molecule has 0 bridgehead atoms. The van der Waals surface area contributed by atoms with Gasteiger partial charge in [0.1, 0.15) is 11.4 Å². The van der Waals surface area contributed by atoms with Gasteiger partial charge < -0.3 is 19.6 Å². The smallest absolute Gasteiger partial charge is 0.371 e. The number of hydrogen-bond acceptors (Lipinski definition) is 9. The molecule has 2 N–H and O–H groups in total. The molecule has 5 rings (SSSR count). The number of amides is 1. The Hall–Kier alpha value is -3.34. The third-order valence-corrected chi connectivity index (χ3v) is 6.49. The molecule has 1 fully saturated rings. The molecular formula is C21H22N6O4S. The normalized spacial score (nSPS) is 24.2.